The van der Waals surface area contributed by atoms with E-state index in [-0.39, 0.29) is 10.9 Å². The molecular weight excluding hydrogens is 279 g/mol. The minimum Gasteiger partial charge on any atom is -0.298 e. The number of benzene rings is 1. The minimum absolute atomic E-state index is 0.275. The van der Waals surface area contributed by atoms with Gasteiger partial charge in [-0.2, -0.15) is 0 Å². The summed E-state index contributed by atoms with van der Waals surface area (Å²) >= 11 is 1.11. The molecule has 1 aromatic heterocycles. The normalized spacial score (nSPS) is 15.7. The molecule has 7 heteroatoms. The van der Waals surface area contributed by atoms with Crippen LogP contribution in [-0.4, -0.2) is 26.5 Å². The van der Waals surface area contributed by atoms with Gasteiger partial charge < -0.3 is 0 Å². The van der Waals surface area contributed by atoms with Crippen LogP contribution in [0.25, 0.3) is 0 Å². The first-order chi connectivity index (χ1) is 9.79. The second-order valence-electron chi connectivity index (χ2n) is 4.72. The van der Waals surface area contributed by atoms with Gasteiger partial charge in [-0.15, -0.1) is 5.10 Å². The van der Waals surface area contributed by atoms with Gasteiger partial charge in [-0.05, 0) is 41.1 Å². The van der Waals surface area contributed by atoms with E-state index in [4.69, 9.17) is 0 Å². The van der Waals surface area contributed by atoms with Crippen LogP contribution in [0.15, 0.2) is 28.3 Å². The molecule has 0 spiro atoms. The van der Waals surface area contributed by atoms with Gasteiger partial charge in [-0.3, -0.25) is 4.79 Å². The zero-order chi connectivity index (χ0) is 13.9. The van der Waals surface area contributed by atoms with E-state index >= 15 is 0 Å². The second kappa shape index (κ2) is 5.70. The summed E-state index contributed by atoms with van der Waals surface area (Å²) in [5, 5.41) is 12.2. The summed E-state index contributed by atoms with van der Waals surface area (Å²) in [6.07, 6.45) is 5.05. The molecule has 104 valence electrons. The molecule has 0 unspecified atom stereocenters. The van der Waals surface area contributed by atoms with E-state index in [0.717, 1.165) is 37.4 Å². The average molecular weight is 292 g/mol. The lowest BCUT2D eigenvalue weighted by Crippen LogP contribution is -2.08. The Kier molecular flexibility index (Phi) is 3.77. The Balaban J connectivity index is 1.92. The standard InChI is InChI=1S/C13H13FN4OS/c14-11-7-3-4-9(8-19)12(11)20-13-15-16-17-18(13)10-5-1-2-6-10/h3-4,7-8,10H,1-2,5-6H2. The Morgan fingerprint density at radius 3 is 2.90 bits per heavy atom. The summed E-state index contributed by atoms with van der Waals surface area (Å²) in [6, 6.07) is 4.71. The molecule has 2 aromatic rings. The van der Waals surface area contributed by atoms with E-state index in [2.05, 4.69) is 15.5 Å². The van der Waals surface area contributed by atoms with Crippen LogP contribution < -0.4 is 0 Å². The van der Waals surface area contributed by atoms with E-state index in [1.54, 1.807) is 10.7 Å². The summed E-state index contributed by atoms with van der Waals surface area (Å²) in [6.45, 7) is 0. The van der Waals surface area contributed by atoms with Crippen LogP contribution in [0.3, 0.4) is 0 Å². The summed E-state index contributed by atoms with van der Waals surface area (Å²) in [4.78, 5) is 11.3. The third-order valence-electron chi connectivity index (χ3n) is 3.45. The predicted octanol–water partition coefficient (Wildman–Crippen LogP) is 2.89. The van der Waals surface area contributed by atoms with Crippen molar-refractivity contribution in [1.29, 1.82) is 0 Å². The van der Waals surface area contributed by atoms with Crippen LogP contribution in [0.1, 0.15) is 42.1 Å². The van der Waals surface area contributed by atoms with Crippen molar-refractivity contribution in [3.63, 3.8) is 0 Å². The molecule has 20 heavy (non-hydrogen) atoms. The van der Waals surface area contributed by atoms with Crippen molar-refractivity contribution in [3.8, 4) is 0 Å². The van der Waals surface area contributed by atoms with Crippen LogP contribution in [0.4, 0.5) is 4.39 Å². The molecule has 1 aromatic carbocycles. The monoisotopic (exact) mass is 292 g/mol. The lowest BCUT2D eigenvalue weighted by Gasteiger charge is -2.11. The van der Waals surface area contributed by atoms with E-state index in [9.17, 15) is 9.18 Å². The summed E-state index contributed by atoms with van der Waals surface area (Å²) in [5.74, 6) is -0.430. The average Bonchev–Trinajstić information content (AvgIpc) is 3.11. The first-order valence-electron chi connectivity index (χ1n) is 6.49. The van der Waals surface area contributed by atoms with Crippen LogP contribution in [0.2, 0.25) is 0 Å². The number of carbonyl (C=O) groups excluding carboxylic acids is 1. The lowest BCUT2D eigenvalue weighted by atomic mass is 10.2. The smallest absolute Gasteiger partial charge is 0.214 e. The van der Waals surface area contributed by atoms with Gasteiger partial charge in [0.05, 0.1) is 10.9 Å². The third-order valence-corrected chi connectivity index (χ3v) is 4.54. The predicted molar refractivity (Wildman–Crippen MR) is 71.2 cm³/mol. The molecule has 1 fully saturated rings. The number of hydrogen-bond donors (Lipinski definition) is 0. The maximum atomic E-state index is 13.9. The van der Waals surface area contributed by atoms with E-state index in [0.29, 0.717) is 17.0 Å². The molecule has 1 heterocycles. The van der Waals surface area contributed by atoms with Crippen molar-refractivity contribution in [2.75, 3.05) is 0 Å². The largest absolute Gasteiger partial charge is 0.298 e. The number of aromatic nitrogens is 4. The number of tetrazole rings is 1. The highest BCUT2D eigenvalue weighted by Crippen LogP contribution is 2.35. The van der Waals surface area contributed by atoms with Crippen molar-refractivity contribution >= 4 is 18.0 Å². The highest BCUT2D eigenvalue weighted by atomic mass is 32.2. The fourth-order valence-corrected chi connectivity index (χ4v) is 3.39. The lowest BCUT2D eigenvalue weighted by molar-refractivity contribution is 0.112. The molecule has 1 saturated carbocycles. The van der Waals surface area contributed by atoms with Crippen molar-refractivity contribution in [2.24, 2.45) is 0 Å². The molecule has 1 aliphatic carbocycles. The van der Waals surface area contributed by atoms with Crippen LogP contribution >= 0.6 is 11.8 Å². The van der Waals surface area contributed by atoms with E-state index in [1.165, 1.54) is 12.1 Å². The first kappa shape index (κ1) is 13.2. The highest BCUT2D eigenvalue weighted by Gasteiger charge is 2.23. The van der Waals surface area contributed by atoms with Gasteiger partial charge in [0.25, 0.3) is 0 Å². The van der Waals surface area contributed by atoms with Crippen LogP contribution in [0.5, 0.6) is 0 Å². The fourth-order valence-electron chi connectivity index (χ4n) is 2.45. The maximum absolute atomic E-state index is 13.9. The summed E-state index contributed by atoms with van der Waals surface area (Å²) < 4.78 is 15.6. The van der Waals surface area contributed by atoms with Crippen LogP contribution in [0, 0.1) is 5.82 Å². The molecule has 3 rings (SSSR count). The molecule has 0 radical (unpaired) electrons. The number of halogens is 1. The molecule has 0 bridgehead atoms. The fraction of sp³-hybridized carbons (Fsp3) is 0.385. The Hall–Kier alpha value is -1.76. The Bertz CT molecular complexity index is 625. The molecule has 0 atom stereocenters. The van der Waals surface area contributed by atoms with E-state index in [1.807, 2.05) is 0 Å². The molecule has 5 nitrogen and oxygen atoms in total. The van der Waals surface area contributed by atoms with Gasteiger partial charge in [0.15, 0.2) is 6.29 Å². The number of hydrogen-bond acceptors (Lipinski definition) is 5. The van der Waals surface area contributed by atoms with Crippen LogP contribution in [-0.2, 0) is 0 Å². The van der Waals surface area contributed by atoms with Gasteiger partial charge in [0.2, 0.25) is 5.16 Å². The van der Waals surface area contributed by atoms with E-state index < -0.39 is 5.82 Å². The zero-order valence-corrected chi connectivity index (χ0v) is 11.5. The second-order valence-corrected chi connectivity index (χ2v) is 5.70. The minimum atomic E-state index is -0.430. The Labute approximate surface area is 119 Å². The molecule has 0 saturated heterocycles. The summed E-state index contributed by atoms with van der Waals surface area (Å²) in [5.41, 5.74) is 0.316. The maximum Gasteiger partial charge on any atom is 0.214 e. The zero-order valence-electron chi connectivity index (χ0n) is 10.7. The summed E-state index contributed by atoms with van der Waals surface area (Å²) in [7, 11) is 0. The van der Waals surface area contributed by atoms with Crippen molar-refractivity contribution < 1.29 is 9.18 Å². The van der Waals surface area contributed by atoms with Crippen molar-refractivity contribution in [3.05, 3.63) is 29.6 Å². The van der Waals surface area contributed by atoms with Crippen molar-refractivity contribution in [1.82, 2.24) is 20.2 Å². The highest BCUT2D eigenvalue weighted by molar-refractivity contribution is 7.99. The van der Waals surface area contributed by atoms with Crippen molar-refractivity contribution in [2.45, 2.75) is 41.8 Å². The SMILES string of the molecule is O=Cc1cccc(F)c1Sc1nnnn1C1CCCC1. The molecule has 0 aliphatic heterocycles. The van der Waals surface area contributed by atoms with Gasteiger partial charge in [0.1, 0.15) is 5.82 Å². The van der Waals surface area contributed by atoms with Gasteiger partial charge in [-0.1, -0.05) is 25.0 Å². The third kappa shape index (κ3) is 2.45. The molecule has 0 amide bonds. The number of rotatable bonds is 4. The molecular formula is C13H13FN4OS. The quantitative estimate of drug-likeness (QED) is 0.811. The molecule has 1 aliphatic rings. The van der Waals surface area contributed by atoms with Gasteiger partial charge >= 0.3 is 0 Å². The molecule has 0 N–H and O–H groups in total. The number of nitrogens with zero attached hydrogens (tertiary/aromatic N) is 4. The van der Waals surface area contributed by atoms with Gasteiger partial charge in [0, 0.05) is 5.56 Å². The Morgan fingerprint density at radius 2 is 2.15 bits per heavy atom. The topological polar surface area (TPSA) is 60.7 Å². The number of carbonyl (C=O) groups is 1. The Morgan fingerprint density at radius 1 is 1.35 bits per heavy atom. The number of aldehydes is 1. The first-order valence-corrected chi connectivity index (χ1v) is 7.30. The van der Waals surface area contributed by atoms with Gasteiger partial charge in [-0.25, -0.2) is 9.07 Å².